The number of halogens is 2. The molecule has 16 heavy (non-hydrogen) atoms. The molecule has 0 aliphatic carbocycles. The zero-order valence-electron chi connectivity index (χ0n) is 8.89. The molecule has 0 aromatic heterocycles. The lowest BCUT2D eigenvalue weighted by Crippen LogP contribution is -1.93. The largest absolute Gasteiger partial charge is 0.192 e. The molecule has 0 unspecified atom stereocenters. The maximum atomic E-state index is 8.97. The van der Waals surface area contributed by atoms with E-state index in [0.717, 1.165) is 20.7 Å². The Labute approximate surface area is 114 Å². The molecule has 0 bridgehead atoms. The van der Waals surface area contributed by atoms with Crippen LogP contribution in [0.5, 0.6) is 0 Å². The van der Waals surface area contributed by atoms with E-state index < -0.39 is 0 Å². The average molecular weight is 317 g/mol. The van der Waals surface area contributed by atoms with Gasteiger partial charge in [-0.3, -0.25) is 0 Å². The lowest BCUT2D eigenvalue weighted by atomic mass is 10.1. The number of thioether (sulfide) groups is 1. The Kier molecular flexibility index (Phi) is 5.40. The number of benzene rings is 1. The van der Waals surface area contributed by atoms with Crippen molar-refractivity contribution in [2.45, 2.75) is 18.2 Å². The van der Waals surface area contributed by atoms with Crippen LogP contribution in [0, 0.1) is 11.3 Å². The molecule has 0 amide bonds. The summed E-state index contributed by atoms with van der Waals surface area (Å²) in [7, 11) is 0. The van der Waals surface area contributed by atoms with Crippen molar-refractivity contribution in [3.8, 4) is 6.07 Å². The van der Waals surface area contributed by atoms with Gasteiger partial charge in [0.2, 0.25) is 0 Å². The highest BCUT2D eigenvalue weighted by atomic mass is 79.9. The van der Waals surface area contributed by atoms with Crippen molar-refractivity contribution in [1.82, 2.24) is 0 Å². The van der Waals surface area contributed by atoms with E-state index in [1.807, 2.05) is 0 Å². The molecule has 0 radical (unpaired) electrons. The van der Waals surface area contributed by atoms with Crippen molar-refractivity contribution in [1.29, 1.82) is 5.26 Å². The van der Waals surface area contributed by atoms with Gasteiger partial charge in [-0.1, -0.05) is 24.6 Å². The van der Waals surface area contributed by atoms with E-state index in [9.17, 15) is 0 Å². The van der Waals surface area contributed by atoms with Gasteiger partial charge in [0.15, 0.2) is 0 Å². The zero-order chi connectivity index (χ0) is 12.1. The molecule has 0 saturated heterocycles. The molecular weight excluding hydrogens is 306 g/mol. The van der Waals surface area contributed by atoms with Gasteiger partial charge in [0.25, 0.3) is 0 Å². The molecule has 1 aromatic rings. The summed E-state index contributed by atoms with van der Waals surface area (Å²) in [4.78, 5) is 1.10. The Morgan fingerprint density at radius 2 is 2.38 bits per heavy atom. The van der Waals surface area contributed by atoms with Crippen molar-refractivity contribution in [2.75, 3.05) is 5.75 Å². The summed E-state index contributed by atoms with van der Waals surface area (Å²) in [5.74, 6) is 0.963. The highest BCUT2D eigenvalue weighted by Crippen LogP contribution is 2.37. The predicted octanol–water partition coefficient (Wildman–Crippen LogP) is 4.81. The van der Waals surface area contributed by atoms with Crippen LogP contribution in [0.3, 0.4) is 0 Å². The van der Waals surface area contributed by atoms with Gasteiger partial charge in [0, 0.05) is 9.37 Å². The van der Waals surface area contributed by atoms with Crippen molar-refractivity contribution < 1.29 is 0 Å². The smallest absolute Gasteiger partial charge is 0.101 e. The van der Waals surface area contributed by atoms with Crippen LogP contribution < -0.4 is 0 Å². The maximum absolute atomic E-state index is 8.97. The minimum atomic E-state index is 0.505. The van der Waals surface area contributed by atoms with E-state index >= 15 is 0 Å². The summed E-state index contributed by atoms with van der Waals surface area (Å²) >= 11 is 11.4. The third-order valence-electron chi connectivity index (χ3n) is 2.02. The summed E-state index contributed by atoms with van der Waals surface area (Å²) in [5, 5.41) is 9.51. The van der Waals surface area contributed by atoms with E-state index in [4.69, 9.17) is 16.9 Å². The predicted molar refractivity (Wildman–Crippen MR) is 74.2 cm³/mol. The molecule has 0 heterocycles. The van der Waals surface area contributed by atoms with Crippen LogP contribution >= 0.6 is 39.3 Å². The van der Waals surface area contributed by atoms with Crippen LogP contribution in [0.1, 0.15) is 18.1 Å². The third kappa shape index (κ3) is 2.82. The van der Waals surface area contributed by atoms with Gasteiger partial charge in [-0.15, -0.1) is 18.3 Å². The van der Waals surface area contributed by atoms with E-state index in [1.165, 1.54) is 0 Å². The van der Waals surface area contributed by atoms with Gasteiger partial charge in [0.05, 0.1) is 10.6 Å². The topological polar surface area (TPSA) is 23.8 Å². The molecule has 0 atom stereocenters. The Bertz CT molecular complexity index is 451. The van der Waals surface area contributed by atoms with E-state index in [1.54, 1.807) is 23.9 Å². The second-order valence-corrected chi connectivity index (χ2v) is 5.57. The zero-order valence-corrected chi connectivity index (χ0v) is 12.0. The lowest BCUT2D eigenvalue weighted by molar-refractivity contribution is 1.16. The minimum absolute atomic E-state index is 0.505. The normalized spacial score (nSPS) is 9.88. The second kappa shape index (κ2) is 6.34. The van der Waals surface area contributed by atoms with Crippen molar-refractivity contribution in [3.05, 3.63) is 39.3 Å². The van der Waals surface area contributed by atoms with Gasteiger partial charge in [0.1, 0.15) is 6.07 Å². The number of nitrogens with zero attached hydrogens (tertiary/aromatic N) is 1. The fourth-order valence-corrected chi connectivity index (χ4v) is 3.35. The number of nitriles is 1. The highest BCUT2D eigenvalue weighted by Gasteiger charge is 2.14. The molecule has 0 saturated carbocycles. The average Bonchev–Trinajstić information content (AvgIpc) is 2.28. The Hall–Kier alpha value is -0.430. The van der Waals surface area contributed by atoms with Crippen molar-refractivity contribution in [3.63, 3.8) is 0 Å². The Morgan fingerprint density at radius 3 is 2.88 bits per heavy atom. The molecule has 84 valence electrons. The number of hydrogen-bond acceptors (Lipinski definition) is 2. The van der Waals surface area contributed by atoms with Gasteiger partial charge >= 0.3 is 0 Å². The highest BCUT2D eigenvalue weighted by molar-refractivity contribution is 9.10. The summed E-state index contributed by atoms with van der Waals surface area (Å²) < 4.78 is 0.928. The van der Waals surface area contributed by atoms with Crippen LogP contribution in [0.2, 0.25) is 5.02 Å². The summed E-state index contributed by atoms with van der Waals surface area (Å²) in [6.07, 6.45) is 2.48. The first kappa shape index (κ1) is 13.6. The number of allylic oxidation sites excluding steroid dienone is 1. The van der Waals surface area contributed by atoms with Gasteiger partial charge in [-0.05, 0) is 39.7 Å². The minimum Gasteiger partial charge on any atom is -0.192 e. The monoisotopic (exact) mass is 315 g/mol. The van der Waals surface area contributed by atoms with E-state index in [0.29, 0.717) is 17.0 Å². The molecule has 0 aliphatic rings. The van der Waals surface area contributed by atoms with Gasteiger partial charge in [-0.2, -0.15) is 5.26 Å². The molecule has 1 nitrogen and oxygen atoms in total. The molecule has 1 rings (SSSR count). The molecular formula is C12H11BrClNS. The summed E-state index contributed by atoms with van der Waals surface area (Å²) in [6.45, 7) is 5.80. The fourth-order valence-electron chi connectivity index (χ4n) is 1.37. The SMILES string of the molecule is C=CCc1c(Cl)c(C#N)cc(Br)c1SCC. The molecule has 0 aliphatic heterocycles. The van der Waals surface area contributed by atoms with Crippen molar-refractivity contribution >= 4 is 39.3 Å². The fraction of sp³-hybridized carbons (Fsp3) is 0.250. The van der Waals surface area contributed by atoms with Crippen molar-refractivity contribution in [2.24, 2.45) is 0 Å². The molecule has 0 fully saturated rings. The molecule has 0 N–H and O–H groups in total. The summed E-state index contributed by atoms with van der Waals surface area (Å²) in [5.41, 5.74) is 1.49. The first-order valence-electron chi connectivity index (χ1n) is 4.80. The number of rotatable bonds is 4. The second-order valence-electron chi connectivity index (χ2n) is 3.07. The van der Waals surface area contributed by atoms with E-state index in [2.05, 4.69) is 35.5 Å². The Balaban J connectivity index is 3.42. The van der Waals surface area contributed by atoms with Gasteiger partial charge in [-0.25, -0.2) is 0 Å². The maximum Gasteiger partial charge on any atom is 0.101 e. The van der Waals surface area contributed by atoms with Crippen LogP contribution in [-0.4, -0.2) is 5.75 Å². The quantitative estimate of drug-likeness (QED) is 0.587. The summed E-state index contributed by atoms with van der Waals surface area (Å²) in [6, 6.07) is 3.87. The number of hydrogen-bond donors (Lipinski definition) is 0. The Morgan fingerprint density at radius 1 is 1.69 bits per heavy atom. The molecule has 1 aromatic carbocycles. The van der Waals surface area contributed by atoms with Crippen LogP contribution in [0.15, 0.2) is 28.1 Å². The van der Waals surface area contributed by atoms with Crippen LogP contribution in [0.4, 0.5) is 0 Å². The van der Waals surface area contributed by atoms with Crippen LogP contribution in [-0.2, 0) is 6.42 Å². The van der Waals surface area contributed by atoms with E-state index in [-0.39, 0.29) is 0 Å². The standard InChI is InChI=1S/C12H11BrClNS/c1-3-5-9-11(14)8(7-15)6-10(13)12(9)16-4-2/h3,6H,1,4-5H2,2H3. The lowest BCUT2D eigenvalue weighted by Gasteiger charge is -2.12. The third-order valence-corrected chi connectivity index (χ3v) is 4.38. The first-order chi connectivity index (χ1) is 7.65. The van der Waals surface area contributed by atoms with Crippen LogP contribution in [0.25, 0.3) is 0 Å². The first-order valence-corrected chi connectivity index (χ1v) is 6.96. The molecule has 4 heteroatoms. The molecule has 0 spiro atoms. The van der Waals surface area contributed by atoms with Gasteiger partial charge < -0.3 is 0 Å².